The first-order valence-corrected chi connectivity index (χ1v) is 9.14. The minimum absolute atomic E-state index is 0.0207. The highest BCUT2D eigenvalue weighted by atomic mass is 16.5. The van der Waals surface area contributed by atoms with Gasteiger partial charge in [-0.15, -0.1) is 0 Å². The zero-order chi connectivity index (χ0) is 20.8. The Morgan fingerprint density at radius 1 is 0.931 bits per heavy atom. The normalized spacial score (nSPS) is 11.5. The third-order valence-corrected chi connectivity index (χ3v) is 5.00. The van der Waals surface area contributed by atoms with Crippen LogP contribution < -0.4 is 9.47 Å². The molecule has 0 radical (unpaired) electrons. The molecule has 1 unspecified atom stereocenters. The Morgan fingerprint density at radius 3 is 2.31 bits per heavy atom. The molecule has 5 nitrogen and oxygen atoms in total. The van der Waals surface area contributed by atoms with E-state index in [1.54, 1.807) is 18.2 Å². The number of ether oxygens (including phenoxy) is 2. The highest BCUT2D eigenvalue weighted by Gasteiger charge is 2.27. The van der Waals surface area contributed by atoms with Gasteiger partial charge in [0, 0.05) is 18.4 Å². The first kappa shape index (κ1) is 19.9. The third kappa shape index (κ3) is 4.20. The average molecular weight is 384 g/mol. The van der Waals surface area contributed by atoms with Crippen LogP contribution in [-0.4, -0.2) is 20.0 Å². The molecule has 5 heteroatoms. The van der Waals surface area contributed by atoms with Crippen LogP contribution >= 0.6 is 0 Å². The smallest absolute Gasteiger partial charge is 0.167 e. The van der Waals surface area contributed by atoms with Crippen molar-refractivity contribution in [2.75, 3.05) is 14.2 Å². The van der Waals surface area contributed by atoms with Crippen molar-refractivity contribution in [1.82, 2.24) is 0 Å². The SMILES string of the molecule is COc1ccc(C(=O)CC(c2ccc3ccccc3c2)C(C#N)C#N)c(OC)c1. The molecule has 0 spiro atoms. The van der Waals surface area contributed by atoms with E-state index >= 15 is 0 Å². The number of ketones is 1. The summed E-state index contributed by atoms with van der Waals surface area (Å²) in [6, 6.07) is 22.7. The van der Waals surface area contributed by atoms with Gasteiger partial charge in [-0.3, -0.25) is 4.79 Å². The fourth-order valence-corrected chi connectivity index (χ4v) is 3.41. The zero-order valence-electron chi connectivity index (χ0n) is 16.3. The molecule has 0 heterocycles. The van der Waals surface area contributed by atoms with E-state index in [1.165, 1.54) is 14.2 Å². The highest BCUT2D eigenvalue weighted by molar-refractivity contribution is 5.99. The number of Topliss-reactive ketones (excluding diaryl/α,β-unsaturated/α-hetero) is 1. The first-order valence-electron chi connectivity index (χ1n) is 9.14. The predicted octanol–water partition coefficient (Wildman–Crippen LogP) is 4.88. The van der Waals surface area contributed by atoms with Gasteiger partial charge >= 0.3 is 0 Å². The van der Waals surface area contributed by atoms with Crippen molar-refractivity contribution < 1.29 is 14.3 Å². The maximum Gasteiger partial charge on any atom is 0.167 e. The van der Waals surface area contributed by atoms with E-state index in [0.29, 0.717) is 17.1 Å². The molecule has 144 valence electrons. The summed E-state index contributed by atoms with van der Waals surface area (Å²) in [4.78, 5) is 13.1. The minimum Gasteiger partial charge on any atom is -0.497 e. The molecule has 0 aliphatic carbocycles. The number of fused-ring (bicyclic) bond motifs is 1. The minimum atomic E-state index is -0.940. The summed E-state index contributed by atoms with van der Waals surface area (Å²) in [7, 11) is 3.02. The predicted molar refractivity (Wildman–Crippen MR) is 110 cm³/mol. The number of hydrogen-bond donors (Lipinski definition) is 0. The van der Waals surface area contributed by atoms with Crippen molar-refractivity contribution in [3.8, 4) is 23.6 Å². The molecule has 0 saturated heterocycles. The van der Waals surface area contributed by atoms with Gasteiger partial charge in [-0.1, -0.05) is 42.5 Å². The van der Waals surface area contributed by atoms with E-state index < -0.39 is 11.8 Å². The van der Waals surface area contributed by atoms with E-state index in [4.69, 9.17) is 9.47 Å². The van der Waals surface area contributed by atoms with Gasteiger partial charge in [0.15, 0.2) is 5.78 Å². The van der Waals surface area contributed by atoms with Gasteiger partial charge in [0.25, 0.3) is 0 Å². The van der Waals surface area contributed by atoms with Gasteiger partial charge in [0.05, 0.1) is 31.9 Å². The summed E-state index contributed by atoms with van der Waals surface area (Å²) in [5, 5.41) is 21.1. The Hall–Kier alpha value is -3.83. The standard InChI is InChI=1S/C24H20N2O3/c1-28-20-9-10-21(24(12-20)29-2)23(27)13-22(19(14-25)15-26)18-8-7-16-5-3-4-6-17(16)11-18/h3-12,19,22H,13H2,1-2H3. The number of benzene rings is 3. The van der Waals surface area contributed by atoms with E-state index in [2.05, 4.69) is 0 Å². The molecule has 0 saturated carbocycles. The Kier molecular flexibility index (Phi) is 6.12. The lowest BCUT2D eigenvalue weighted by Crippen LogP contribution is -2.15. The lowest BCUT2D eigenvalue weighted by atomic mass is 9.82. The Labute approximate surface area is 169 Å². The zero-order valence-corrected chi connectivity index (χ0v) is 16.3. The summed E-state index contributed by atoms with van der Waals surface area (Å²) < 4.78 is 10.5. The second kappa shape index (κ2) is 8.91. The van der Waals surface area contributed by atoms with Crippen LogP contribution in [0.4, 0.5) is 0 Å². The molecule has 0 bridgehead atoms. The molecule has 0 aliphatic heterocycles. The van der Waals surface area contributed by atoms with Gasteiger partial charge in [0.1, 0.15) is 17.4 Å². The molecule has 1 atom stereocenters. The van der Waals surface area contributed by atoms with Gasteiger partial charge < -0.3 is 9.47 Å². The lowest BCUT2D eigenvalue weighted by molar-refractivity contribution is 0.0968. The number of nitrogens with zero attached hydrogens (tertiary/aromatic N) is 2. The van der Waals surface area contributed by atoms with Crippen LogP contribution in [0.3, 0.4) is 0 Å². The van der Waals surface area contributed by atoms with Crippen LogP contribution in [0, 0.1) is 28.6 Å². The Bertz CT molecular complexity index is 1110. The maximum absolute atomic E-state index is 13.1. The molecule has 0 N–H and O–H groups in total. The number of carbonyl (C=O) groups is 1. The van der Waals surface area contributed by atoms with Crippen molar-refractivity contribution in [2.24, 2.45) is 5.92 Å². The molecule has 3 aromatic rings. The van der Waals surface area contributed by atoms with Crippen LogP contribution in [0.25, 0.3) is 10.8 Å². The summed E-state index contributed by atoms with van der Waals surface area (Å²) in [6.45, 7) is 0. The van der Waals surface area contributed by atoms with Crippen LogP contribution in [0.1, 0.15) is 28.3 Å². The summed E-state index contributed by atoms with van der Waals surface area (Å²) in [5.74, 6) is -0.704. The molecular weight excluding hydrogens is 364 g/mol. The third-order valence-electron chi connectivity index (χ3n) is 5.00. The van der Waals surface area contributed by atoms with Crippen LogP contribution in [0.2, 0.25) is 0 Å². The van der Waals surface area contributed by atoms with Crippen LogP contribution in [0.15, 0.2) is 60.7 Å². The van der Waals surface area contributed by atoms with Gasteiger partial charge in [-0.25, -0.2) is 0 Å². The van der Waals surface area contributed by atoms with Gasteiger partial charge in [-0.05, 0) is 28.5 Å². The van der Waals surface area contributed by atoms with Gasteiger partial charge in [0.2, 0.25) is 0 Å². The van der Waals surface area contributed by atoms with Crippen molar-refractivity contribution in [2.45, 2.75) is 12.3 Å². The quantitative estimate of drug-likeness (QED) is 0.542. The molecule has 0 aromatic heterocycles. The monoisotopic (exact) mass is 384 g/mol. The fourth-order valence-electron chi connectivity index (χ4n) is 3.41. The summed E-state index contributed by atoms with van der Waals surface area (Å²) in [6.07, 6.45) is 0.0207. The largest absolute Gasteiger partial charge is 0.497 e. The number of nitriles is 2. The fraction of sp³-hybridized carbons (Fsp3) is 0.208. The molecule has 3 aromatic carbocycles. The second-order valence-corrected chi connectivity index (χ2v) is 6.64. The second-order valence-electron chi connectivity index (χ2n) is 6.64. The summed E-state index contributed by atoms with van der Waals surface area (Å²) in [5.41, 5.74) is 1.19. The molecule has 0 amide bonds. The Morgan fingerprint density at radius 2 is 1.66 bits per heavy atom. The van der Waals surface area contributed by atoms with Crippen molar-refractivity contribution in [3.05, 3.63) is 71.8 Å². The number of hydrogen-bond acceptors (Lipinski definition) is 5. The molecule has 0 aliphatic rings. The molecule has 29 heavy (non-hydrogen) atoms. The van der Waals surface area contributed by atoms with Crippen molar-refractivity contribution >= 4 is 16.6 Å². The van der Waals surface area contributed by atoms with Gasteiger partial charge in [-0.2, -0.15) is 10.5 Å². The topological polar surface area (TPSA) is 83.1 Å². The first-order chi connectivity index (χ1) is 14.1. The van der Waals surface area contributed by atoms with E-state index in [9.17, 15) is 15.3 Å². The Balaban J connectivity index is 1.99. The maximum atomic E-state index is 13.1. The van der Waals surface area contributed by atoms with Crippen molar-refractivity contribution in [3.63, 3.8) is 0 Å². The number of methoxy groups -OCH3 is 2. The van der Waals surface area contributed by atoms with Crippen molar-refractivity contribution in [1.29, 1.82) is 10.5 Å². The average Bonchev–Trinajstić information content (AvgIpc) is 2.78. The van der Waals surface area contributed by atoms with E-state index in [1.807, 2.05) is 54.6 Å². The number of rotatable bonds is 7. The number of carbonyl (C=O) groups excluding carboxylic acids is 1. The van der Waals surface area contributed by atoms with E-state index in [0.717, 1.165) is 16.3 Å². The highest BCUT2D eigenvalue weighted by Crippen LogP contribution is 2.33. The molecule has 0 fully saturated rings. The van der Waals surface area contributed by atoms with Crippen LogP contribution in [0.5, 0.6) is 11.5 Å². The van der Waals surface area contributed by atoms with Crippen LogP contribution in [-0.2, 0) is 0 Å². The molecule has 3 rings (SSSR count). The molecular formula is C24H20N2O3. The lowest BCUT2D eigenvalue weighted by Gasteiger charge is -2.19. The summed E-state index contributed by atoms with van der Waals surface area (Å²) >= 11 is 0. The van der Waals surface area contributed by atoms with E-state index in [-0.39, 0.29) is 12.2 Å².